The van der Waals surface area contributed by atoms with Gasteiger partial charge in [0, 0.05) is 11.0 Å². The van der Waals surface area contributed by atoms with Gasteiger partial charge in [0.1, 0.15) is 0 Å². The molecule has 140 valence electrons. The Morgan fingerprint density at radius 2 is 2.08 bits per heavy atom. The summed E-state index contributed by atoms with van der Waals surface area (Å²) in [4.78, 5) is 12.0. The molecule has 3 atom stereocenters. The van der Waals surface area contributed by atoms with Gasteiger partial charge in [0.15, 0.2) is 0 Å². The Labute approximate surface area is 154 Å². The summed E-state index contributed by atoms with van der Waals surface area (Å²) in [6, 6.07) is 0. The SMILES string of the molecule is CCCCC(CC)COC(=O)CCSC1CC(=C(C)C)CCC1C. The van der Waals surface area contributed by atoms with Crippen molar-refractivity contribution in [3.05, 3.63) is 11.1 Å². The molecule has 0 bridgehead atoms. The highest BCUT2D eigenvalue weighted by Crippen LogP contribution is 2.37. The third kappa shape index (κ3) is 8.09. The largest absolute Gasteiger partial charge is 0.465 e. The molecule has 2 nitrogen and oxygen atoms in total. The van der Waals surface area contributed by atoms with Crippen LogP contribution in [0, 0.1) is 11.8 Å². The number of rotatable bonds is 10. The van der Waals surface area contributed by atoms with Crippen LogP contribution in [0.25, 0.3) is 0 Å². The van der Waals surface area contributed by atoms with Crippen molar-refractivity contribution >= 4 is 17.7 Å². The summed E-state index contributed by atoms with van der Waals surface area (Å²) in [7, 11) is 0. The summed E-state index contributed by atoms with van der Waals surface area (Å²) >= 11 is 1.97. The van der Waals surface area contributed by atoms with Crippen molar-refractivity contribution < 1.29 is 9.53 Å². The van der Waals surface area contributed by atoms with E-state index in [0.717, 1.165) is 18.1 Å². The van der Waals surface area contributed by atoms with Crippen LogP contribution in [0.3, 0.4) is 0 Å². The van der Waals surface area contributed by atoms with Gasteiger partial charge in [-0.15, -0.1) is 0 Å². The summed E-state index contributed by atoms with van der Waals surface area (Å²) < 4.78 is 5.51. The van der Waals surface area contributed by atoms with E-state index in [0.29, 0.717) is 24.2 Å². The Hall–Kier alpha value is -0.440. The van der Waals surface area contributed by atoms with Crippen LogP contribution in [0.5, 0.6) is 0 Å². The smallest absolute Gasteiger partial charge is 0.306 e. The van der Waals surface area contributed by atoms with E-state index >= 15 is 0 Å². The molecule has 1 aliphatic carbocycles. The van der Waals surface area contributed by atoms with Crippen LogP contribution in [-0.4, -0.2) is 23.6 Å². The van der Waals surface area contributed by atoms with Crippen molar-refractivity contribution in [2.24, 2.45) is 11.8 Å². The first-order valence-electron chi connectivity index (χ1n) is 9.90. The quantitative estimate of drug-likeness (QED) is 0.335. The van der Waals surface area contributed by atoms with Crippen molar-refractivity contribution in [1.29, 1.82) is 0 Å². The van der Waals surface area contributed by atoms with Gasteiger partial charge in [-0.2, -0.15) is 11.8 Å². The van der Waals surface area contributed by atoms with Crippen LogP contribution < -0.4 is 0 Å². The van der Waals surface area contributed by atoms with E-state index in [1.807, 2.05) is 11.8 Å². The van der Waals surface area contributed by atoms with Gasteiger partial charge in [-0.25, -0.2) is 0 Å². The highest BCUT2D eigenvalue weighted by Gasteiger charge is 2.25. The second kappa shape index (κ2) is 12.0. The molecule has 3 heteroatoms. The normalized spacial score (nSPS) is 22.3. The number of allylic oxidation sites excluding steroid dienone is 2. The van der Waals surface area contributed by atoms with Gasteiger partial charge in [0.25, 0.3) is 0 Å². The van der Waals surface area contributed by atoms with Crippen molar-refractivity contribution in [2.45, 2.75) is 91.2 Å². The highest BCUT2D eigenvalue weighted by atomic mass is 32.2. The molecule has 0 radical (unpaired) electrons. The van der Waals surface area contributed by atoms with E-state index in [-0.39, 0.29) is 5.97 Å². The van der Waals surface area contributed by atoms with Crippen molar-refractivity contribution in [2.75, 3.05) is 12.4 Å². The van der Waals surface area contributed by atoms with Crippen LogP contribution >= 0.6 is 11.8 Å². The third-order valence-corrected chi connectivity index (χ3v) is 6.85. The zero-order chi connectivity index (χ0) is 17.9. The van der Waals surface area contributed by atoms with Crippen LogP contribution in [0.15, 0.2) is 11.1 Å². The fourth-order valence-corrected chi connectivity index (χ4v) is 4.66. The first kappa shape index (κ1) is 21.6. The predicted octanol–water partition coefficient (Wildman–Crippen LogP) is 6.39. The maximum atomic E-state index is 12.0. The molecule has 1 fully saturated rings. The molecule has 0 aromatic rings. The minimum atomic E-state index is -0.0108. The van der Waals surface area contributed by atoms with Gasteiger partial charge in [-0.3, -0.25) is 4.79 Å². The number of carbonyl (C=O) groups excluding carboxylic acids is 1. The number of thioether (sulfide) groups is 1. The Morgan fingerprint density at radius 1 is 1.33 bits per heavy atom. The molecule has 24 heavy (non-hydrogen) atoms. The fraction of sp³-hybridized carbons (Fsp3) is 0.857. The molecule has 0 aromatic heterocycles. The van der Waals surface area contributed by atoms with Gasteiger partial charge in [0.2, 0.25) is 0 Å². The van der Waals surface area contributed by atoms with E-state index in [9.17, 15) is 4.79 Å². The second-order valence-corrected chi connectivity index (χ2v) is 8.93. The molecule has 3 unspecified atom stereocenters. The lowest BCUT2D eigenvalue weighted by molar-refractivity contribution is -0.144. The van der Waals surface area contributed by atoms with Crippen LogP contribution in [0.1, 0.15) is 86.0 Å². The lowest BCUT2D eigenvalue weighted by Crippen LogP contribution is -2.22. The molecule has 0 aliphatic heterocycles. The monoisotopic (exact) mass is 354 g/mol. The van der Waals surface area contributed by atoms with E-state index in [4.69, 9.17) is 4.74 Å². The summed E-state index contributed by atoms with van der Waals surface area (Å²) in [5.41, 5.74) is 3.12. The zero-order valence-electron chi connectivity index (χ0n) is 16.5. The number of esters is 1. The minimum absolute atomic E-state index is 0.0108. The predicted molar refractivity (Wildman–Crippen MR) is 107 cm³/mol. The second-order valence-electron chi connectivity index (χ2n) is 7.58. The first-order chi connectivity index (χ1) is 11.5. The van der Waals surface area contributed by atoms with Crippen molar-refractivity contribution in [1.82, 2.24) is 0 Å². The number of unbranched alkanes of at least 4 members (excludes halogenated alkanes) is 1. The molecule has 0 aromatic carbocycles. The molecule has 0 amide bonds. The molecular weight excluding hydrogens is 316 g/mol. The molecule has 1 aliphatic rings. The van der Waals surface area contributed by atoms with Gasteiger partial charge < -0.3 is 4.74 Å². The lowest BCUT2D eigenvalue weighted by atomic mass is 9.85. The topological polar surface area (TPSA) is 26.3 Å². The molecule has 0 spiro atoms. The molecule has 0 saturated heterocycles. The number of hydrogen-bond donors (Lipinski definition) is 0. The Bertz CT molecular complexity index is 399. The Kier molecular flexibility index (Phi) is 10.8. The highest BCUT2D eigenvalue weighted by molar-refractivity contribution is 7.99. The summed E-state index contributed by atoms with van der Waals surface area (Å²) in [5.74, 6) is 2.19. The number of carbonyl (C=O) groups is 1. The Morgan fingerprint density at radius 3 is 2.71 bits per heavy atom. The van der Waals surface area contributed by atoms with Crippen molar-refractivity contribution in [3.8, 4) is 0 Å². The maximum Gasteiger partial charge on any atom is 0.306 e. The summed E-state index contributed by atoms with van der Waals surface area (Å²) in [6.45, 7) is 11.8. The van der Waals surface area contributed by atoms with E-state index in [2.05, 4.69) is 34.6 Å². The van der Waals surface area contributed by atoms with Gasteiger partial charge in [0.05, 0.1) is 13.0 Å². The van der Waals surface area contributed by atoms with Crippen LogP contribution in [0.4, 0.5) is 0 Å². The number of hydrogen-bond acceptors (Lipinski definition) is 3. The van der Waals surface area contributed by atoms with E-state index in [1.54, 1.807) is 5.57 Å². The molecule has 1 rings (SSSR count). The lowest BCUT2D eigenvalue weighted by Gasteiger charge is -2.31. The van der Waals surface area contributed by atoms with Crippen LogP contribution in [-0.2, 0) is 9.53 Å². The van der Waals surface area contributed by atoms with Gasteiger partial charge in [-0.1, -0.05) is 51.2 Å². The fourth-order valence-electron chi connectivity index (χ4n) is 3.29. The minimum Gasteiger partial charge on any atom is -0.465 e. The average molecular weight is 355 g/mol. The van der Waals surface area contributed by atoms with Crippen molar-refractivity contribution in [3.63, 3.8) is 0 Å². The first-order valence-corrected chi connectivity index (χ1v) is 10.9. The third-order valence-electron chi connectivity index (χ3n) is 5.35. The standard InChI is InChI=1S/C21H38O2S/c1-6-8-9-18(7-2)15-23-21(22)12-13-24-20-14-19(16(3)4)11-10-17(20)5/h17-18,20H,6-15H2,1-5H3. The summed E-state index contributed by atoms with van der Waals surface area (Å²) in [5, 5.41) is 0.671. The van der Waals surface area contributed by atoms with Crippen LogP contribution in [0.2, 0.25) is 0 Å². The molecule has 1 saturated carbocycles. The molecule has 0 N–H and O–H groups in total. The Balaban J connectivity index is 2.25. The molecular formula is C21H38O2S. The van der Waals surface area contributed by atoms with Gasteiger partial charge >= 0.3 is 5.97 Å². The average Bonchev–Trinajstić information content (AvgIpc) is 2.56. The zero-order valence-corrected chi connectivity index (χ0v) is 17.3. The van der Waals surface area contributed by atoms with Gasteiger partial charge in [-0.05, 0) is 51.4 Å². The summed E-state index contributed by atoms with van der Waals surface area (Å²) in [6.07, 6.45) is 9.05. The van der Waals surface area contributed by atoms with E-state index in [1.165, 1.54) is 44.1 Å². The number of ether oxygens (including phenoxy) is 1. The molecule has 0 heterocycles. The maximum absolute atomic E-state index is 12.0. The van der Waals surface area contributed by atoms with E-state index < -0.39 is 0 Å².